The maximum Gasteiger partial charge on any atom is 0.270 e. The zero-order valence-electron chi connectivity index (χ0n) is 11.4. The Bertz CT molecular complexity index is 629. The largest absolute Gasteiger partial charge is 0.412 e. The SMILES string of the molecule is Br.Cc1cc[n+](CC(=O)c2cccc([N+](=O)[O-])c2)cc1.O. The number of aryl methyl sites for hydroxylation is 1. The van der Waals surface area contributed by atoms with Gasteiger partial charge < -0.3 is 5.48 Å². The van der Waals surface area contributed by atoms with Gasteiger partial charge in [-0.05, 0) is 12.5 Å². The molecule has 2 rings (SSSR count). The van der Waals surface area contributed by atoms with Gasteiger partial charge in [0.2, 0.25) is 12.3 Å². The van der Waals surface area contributed by atoms with Gasteiger partial charge in [0.15, 0.2) is 12.4 Å². The van der Waals surface area contributed by atoms with Gasteiger partial charge in [0.1, 0.15) is 0 Å². The molecule has 2 N–H and O–H groups in total. The molecule has 1 heterocycles. The van der Waals surface area contributed by atoms with Crippen LogP contribution in [-0.2, 0) is 6.54 Å². The number of carbonyl (C=O) groups excluding carboxylic acids is 1. The van der Waals surface area contributed by atoms with Crippen LogP contribution in [0.1, 0.15) is 15.9 Å². The smallest absolute Gasteiger partial charge is 0.270 e. The van der Waals surface area contributed by atoms with Crippen molar-refractivity contribution < 1.29 is 19.8 Å². The van der Waals surface area contributed by atoms with Gasteiger partial charge in [-0.3, -0.25) is 14.9 Å². The number of hydrogen-bond donors (Lipinski definition) is 0. The molecule has 0 amide bonds. The standard InChI is InChI=1S/C14H13N2O3.BrH.H2O/c1-11-5-7-15(8-6-11)10-14(17)12-3-2-4-13(9-12)16(18)19;;/h2-9H,10H2,1H3;1H;1H2/q+1;;. The van der Waals surface area contributed by atoms with Crippen LogP contribution in [0.4, 0.5) is 5.69 Å². The lowest BCUT2D eigenvalue weighted by atomic mass is 10.1. The fraction of sp³-hybridized carbons (Fsp3) is 0.143. The fourth-order valence-corrected chi connectivity index (χ4v) is 1.69. The second-order valence-corrected chi connectivity index (χ2v) is 4.28. The van der Waals surface area contributed by atoms with Crippen LogP contribution in [0.2, 0.25) is 0 Å². The Balaban J connectivity index is 0.00000200. The highest BCUT2D eigenvalue weighted by Crippen LogP contribution is 2.13. The Labute approximate surface area is 132 Å². The molecule has 0 bridgehead atoms. The number of nitro groups is 1. The molecule has 1 aromatic carbocycles. The monoisotopic (exact) mass is 355 g/mol. The summed E-state index contributed by atoms with van der Waals surface area (Å²) in [4.78, 5) is 22.2. The van der Waals surface area contributed by atoms with E-state index in [2.05, 4.69) is 0 Å². The number of carbonyl (C=O) groups is 1. The molecule has 0 fully saturated rings. The minimum Gasteiger partial charge on any atom is -0.412 e. The Hall–Kier alpha value is -2.12. The van der Waals surface area contributed by atoms with E-state index < -0.39 is 4.92 Å². The number of ketones is 1. The van der Waals surface area contributed by atoms with Crippen LogP contribution in [0.15, 0.2) is 48.8 Å². The summed E-state index contributed by atoms with van der Waals surface area (Å²) in [5, 5.41) is 10.7. The van der Waals surface area contributed by atoms with Gasteiger partial charge in [-0.25, -0.2) is 0 Å². The van der Waals surface area contributed by atoms with Crippen LogP contribution in [0.25, 0.3) is 0 Å². The average Bonchev–Trinajstić information content (AvgIpc) is 2.41. The van der Waals surface area contributed by atoms with E-state index in [1.165, 1.54) is 18.2 Å². The molecule has 0 saturated carbocycles. The average molecular weight is 356 g/mol. The molecule has 7 heteroatoms. The van der Waals surface area contributed by atoms with Gasteiger partial charge >= 0.3 is 0 Å². The highest BCUT2D eigenvalue weighted by Gasteiger charge is 2.15. The van der Waals surface area contributed by atoms with E-state index in [-0.39, 0.29) is 40.5 Å². The maximum atomic E-state index is 12.0. The van der Waals surface area contributed by atoms with E-state index in [9.17, 15) is 14.9 Å². The number of rotatable bonds is 4. The summed E-state index contributed by atoms with van der Waals surface area (Å²) in [5.74, 6) is -0.155. The lowest BCUT2D eigenvalue weighted by Crippen LogP contribution is -2.37. The van der Waals surface area contributed by atoms with E-state index in [1.54, 1.807) is 10.6 Å². The third kappa shape index (κ3) is 5.05. The molecule has 0 unspecified atom stereocenters. The number of nitrogens with zero attached hydrogens (tertiary/aromatic N) is 2. The summed E-state index contributed by atoms with van der Waals surface area (Å²) in [5.41, 5.74) is 1.39. The number of aromatic nitrogens is 1. The first-order valence-electron chi connectivity index (χ1n) is 5.79. The third-order valence-electron chi connectivity index (χ3n) is 2.76. The molecule has 1 aromatic heterocycles. The van der Waals surface area contributed by atoms with Crippen LogP contribution in [0.3, 0.4) is 0 Å². The maximum absolute atomic E-state index is 12.0. The number of nitro benzene ring substituents is 1. The van der Waals surface area contributed by atoms with Crippen molar-refractivity contribution in [2.75, 3.05) is 0 Å². The van der Waals surface area contributed by atoms with E-state index in [0.717, 1.165) is 5.56 Å². The molecule has 0 aliphatic rings. The van der Waals surface area contributed by atoms with Crippen LogP contribution < -0.4 is 4.57 Å². The highest BCUT2D eigenvalue weighted by atomic mass is 79.9. The summed E-state index contributed by atoms with van der Waals surface area (Å²) in [6, 6.07) is 9.59. The predicted octanol–water partition coefficient (Wildman–Crippen LogP) is 1.83. The van der Waals surface area contributed by atoms with Crippen LogP contribution >= 0.6 is 17.0 Å². The van der Waals surface area contributed by atoms with E-state index in [0.29, 0.717) is 5.56 Å². The first-order chi connectivity index (χ1) is 9.06. The molecule has 0 spiro atoms. The lowest BCUT2D eigenvalue weighted by molar-refractivity contribution is -0.683. The molecule has 0 atom stereocenters. The number of hydrogen-bond acceptors (Lipinski definition) is 3. The Kier molecular flexibility index (Phi) is 7.40. The summed E-state index contributed by atoms with van der Waals surface area (Å²) < 4.78 is 1.74. The van der Waals surface area contributed by atoms with Crippen molar-refractivity contribution in [3.05, 3.63) is 70.0 Å². The van der Waals surface area contributed by atoms with Gasteiger partial charge in [-0.2, -0.15) is 4.57 Å². The Morgan fingerprint density at radius 1 is 1.24 bits per heavy atom. The molecule has 112 valence electrons. The van der Waals surface area contributed by atoms with Gasteiger partial charge in [0.25, 0.3) is 5.69 Å². The fourth-order valence-electron chi connectivity index (χ4n) is 1.69. The van der Waals surface area contributed by atoms with Crippen molar-refractivity contribution in [2.45, 2.75) is 13.5 Å². The van der Waals surface area contributed by atoms with Gasteiger partial charge in [-0.1, -0.05) is 12.1 Å². The summed E-state index contributed by atoms with van der Waals surface area (Å²) >= 11 is 0. The van der Waals surface area contributed by atoms with E-state index >= 15 is 0 Å². The van der Waals surface area contributed by atoms with E-state index in [4.69, 9.17) is 0 Å². The van der Waals surface area contributed by atoms with Crippen molar-refractivity contribution in [3.8, 4) is 0 Å². The third-order valence-corrected chi connectivity index (χ3v) is 2.76. The molecule has 0 aliphatic heterocycles. The first-order valence-corrected chi connectivity index (χ1v) is 5.79. The van der Waals surface area contributed by atoms with Crippen molar-refractivity contribution in [1.82, 2.24) is 0 Å². The molecule has 0 saturated heterocycles. The molecule has 0 radical (unpaired) electrons. The molecular weight excluding hydrogens is 340 g/mol. The lowest BCUT2D eigenvalue weighted by Gasteiger charge is -1.99. The molecule has 2 aromatic rings. The predicted molar refractivity (Wildman–Crippen MR) is 82.7 cm³/mol. The van der Waals surface area contributed by atoms with Gasteiger partial charge in [0, 0.05) is 29.8 Å². The van der Waals surface area contributed by atoms with Gasteiger partial charge in [-0.15, -0.1) is 17.0 Å². The van der Waals surface area contributed by atoms with Crippen LogP contribution in [0.5, 0.6) is 0 Å². The van der Waals surface area contributed by atoms with Crippen molar-refractivity contribution in [3.63, 3.8) is 0 Å². The van der Waals surface area contributed by atoms with Crippen molar-refractivity contribution in [2.24, 2.45) is 0 Å². The second kappa shape index (κ2) is 8.23. The number of non-ortho nitro benzene ring substituents is 1. The Morgan fingerprint density at radius 2 is 1.86 bits per heavy atom. The summed E-state index contributed by atoms with van der Waals surface area (Å²) in [6.07, 6.45) is 3.62. The molecule has 0 aliphatic carbocycles. The second-order valence-electron chi connectivity index (χ2n) is 4.28. The van der Waals surface area contributed by atoms with Crippen LogP contribution in [-0.4, -0.2) is 16.2 Å². The quantitative estimate of drug-likeness (QED) is 0.362. The summed E-state index contributed by atoms with van der Waals surface area (Å²) in [7, 11) is 0. The molecular formula is C14H16BrN2O4+. The molecule has 21 heavy (non-hydrogen) atoms. The zero-order chi connectivity index (χ0) is 13.8. The minimum absolute atomic E-state index is 0. The topological polar surface area (TPSA) is 95.6 Å². The van der Waals surface area contributed by atoms with E-state index in [1.807, 2.05) is 31.5 Å². The zero-order valence-corrected chi connectivity index (χ0v) is 13.1. The number of halogens is 1. The minimum atomic E-state index is -0.504. The van der Waals surface area contributed by atoms with Crippen molar-refractivity contribution in [1.29, 1.82) is 0 Å². The van der Waals surface area contributed by atoms with Gasteiger partial charge in [0.05, 0.1) is 4.92 Å². The molecule has 6 nitrogen and oxygen atoms in total. The Morgan fingerprint density at radius 3 is 2.43 bits per heavy atom. The highest BCUT2D eigenvalue weighted by molar-refractivity contribution is 8.93. The van der Waals surface area contributed by atoms with Crippen LogP contribution in [0, 0.1) is 17.0 Å². The first kappa shape index (κ1) is 18.9. The normalized spacial score (nSPS) is 9.19. The summed E-state index contributed by atoms with van der Waals surface area (Å²) in [6.45, 7) is 2.13. The number of pyridine rings is 1. The van der Waals surface area contributed by atoms with Crippen molar-refractivity contribution >= 4 is 28.5 Å². The number of benzene rings is 1. The number of Topliss-reactive ketones (excluding diaryl/α,β-unsaturated/α-hetero) is 1.